The van der Waals surface area contributed by atoms with Crippen LogP contribution in [0.5, 0.6) is 5.75 Å². The molecule has 5 rings (SSSR count). The maximum absolute atomic E-state index is 14.1. The molecule has 0 amide bonds. The second-order valence-electron chi connectivity index (χ2n) is 9.57. The minimum Gasteiger partial charge on any atom is -0.495 e. The first-order chi connectivity index (χ1) is 20.0. The van der Waals surface area contributed by atoms with E-state index in [1.807, 2.05) is 0 Å². The summed E-state index contributed by atoms with van der Waals surface area (Å²) in [6.07, 6.45) is -6.69. The van der Waals surface area contributed by atoms with Crippen LogP contribution in [0, 0.1) is 0 Å². The molecule has 12 nitrogen and oxygen atoms in total. The number of halogens is 3. The highest BCUT2D eigenvalue weighted by atomic mass is 19.4. The lowest BCUT2D eigenvalue weighted by Crippen LogP contribution is -2.60. The number of carbonyl (C=O) groups is 2. The van der Waals surface area contributed by atoms with E-state index in [4.69, 9.17) is 9.57 Å². The SMILES string of the molecule is COc1ccccc1N1c2c(n(C)c(=O)n(CC(=O)c3ccccc3)c2=O)N(OC(=O)C(F)(F)F)C1N1CCNCC1. The van der Waals surface area contributed by atoms with E-state index in [-0.39, 0.29) is 28.5 Å². The van der Waals surface area contributed by atoms with Crippen LogP contribution in [-0.2, 0) is 23.2 Å². The van der Waals surface area contributed by atoms with Crippen LogP contribution in [0.1, 0.15) is 10.4 Å². The Morgan fingerprint density at radius 1 is 1.00 bits per heavy atom. The molecule has 1 saturated heterocycles. The molecule has 42 heavy (non-hydrogen) atoms. The predicted octanol–water partition coefficient (Wildman–Crippen LogP) is 1.61. The third kappa shape index (κ3) is 5.12. The van der Waals surface area contributed by atoms with Crippen molar-refractivity contribution < 1.29 is 32.3 Å². The Morgan fingerprint density at radius 2 is 1.64 bits per heavy atom. The molecule has 1 fully saturated rings. The molecule has 1 aromatic heterocycles. The number of hydrogen-bond donors (Lipinski definition) is 1. The Labute approximate surface area is 237 Å². The van der Waals surface area contributed by atoms with Gasteiger partial charge >= 0.3 is 17.8 Å². The van der Waals surface area contributed by atoms with Crippen LogP contribution in [0.3, 0.4) is 0 Å². The molecule has 0 radical (unpaired) electrons. The minimum absolute atomic E-state index is 0.257. The van der Waals surface area contributed by atoms with Crippen LogP contribution in [0.2, 0.25) is 0 Å². The largest absolute Gasteiger partial charge is 0.495 e. The van der Waals surface area contributed by atoms with Crippen molar-refractivity contribution in [1.82, 2.24) is 19.4 Å². The third-order valence-corrected chi connectivity index (χ3v) is 7.02. The number of fused-ring (bicyclic) bond motifs is 1. The zero-order chi connectivity index (χ0) is 30.2. The standard InChI is InChI=1S/C27H27F3N6O6/c1-32-22-21(23(38)34(26(32)40)16-19(37)17-8-4-3-5-9-17)35(18-10-6-7-11-20(18)41-2)25(33-14-12-31-13-15-33)36(22)42-24(39)27(28,29)30/h3-11,25,31H,12-16H2,1-2H3. The van der Waals surface area contributed by atoms with Gasteiger partial charge in [-0.3, -0.25) is 28.5 Å². The van der Waals surface area contributed by atoms with Gasteiger partial charge in [-0.2, -0.15) is 13.2 Å². The fourth-order valence-corrected chi connectivity index (χ4v) is 5.06. The van der Waals surface area contributed by atoms with Gasteiger partial charge in [0.2, 0.25) is 6.29 Å². The zero-order valence-electron chi connectivity index (χ0n) is 22.6. The Bertz CT molecular complexity index is 1620. The van der Waals surface area contributed by atoms with Crippen LogP contribution in [0.15, 0.2) is 64.2 Å². The lowest BCUT2D eigenvalue weighted by molar-refractivity contribution is -0.203. The number of nitrogens with one attached hydrogen (secondary N) is 1. The molecule has 1 atom stereocenters. The molecule has 222 valence electrons. The van der Waals surface area contributed by atoms with Crippen molar-refractivity contribution in [3.8, 4) is 5.75 Å². The lowest BCUT2D eigenvalue weighted by atomic mass is 10.1. The number of carbonyl (C=O) groups excluding carboxylic acids is 2. The average molecular weight is 589 g/mol. The molecule has 3 heterocycles. The third-order valence-electron chi connectivity index (χ3n) is 7.02. The van der Waals surface area contributed by atoms with Crippen LogP contribution in [0.25, 0.3) is 0 Å². The van der Waals surface area contributed by atoms with E-state index >= 15 is 0 Å². The highest BCUT2D eigenvalue weighted by molar-refractivity contribution is 5.96. The molecule has 2 aromatic carbocycles. The van der Waals surface area contributed by atoms with Gasteiger partial charge in [-0.05, 0) is 12.1 Å². The number of rotatable bonds is 7. The molecule has 1 unspecified atom stereocenters. The monoisotopic (exact) mass is 588 g/mol. The highest BCUT2D eigenvalue weighted by Gasteiger charge is 2.51. The first kappa shape index (κ1) is 28.9. The molecule has 2 aliphatic heterocycles. The van der Waals surface area contributed by atoms with E-state index in [0.29, 0.717) is 35.8 Å². The maximum atomic E-state index is 14.1. The second kappa shape index (κ2) is 11.3. The topological polar surface area (TPSA) is 118 Å². The van der Waals surface area contributed by atoms with Gasteiger partial charge in [0.05, 0.1) is 19.3 Å². The van der Waals surface area contributed by atoms with Crippen molar-refractivity contribution in [3.63, 3.8) is 0 Å². The number of para-hydroxylation sites is 2. The quantitative estimate of drug-likeness (QED) is 0.408. The number of hydrogen-bond acceptors (Lipinski definition) is 10. The number of nitrogens with zero attached hydrogens (tertiary/aromatic N) is 5. The predicted molar refractivity (Wildman–Crippen MR) is 145 cm³/mol. The zero-order valence-corrected chi connectivity index (χ0v) is 22.6. The van der Waals surface area contributed by atoms with Crippen molar-refractivity contribution >= 4 is 28.9 Å². The van der Waals surface area contributed by atoms with Crippen LogP contribution < -0.4 is 31.3 Å². The first-order valence-corrected chi connectivity index (χ1v) is 12.9. The number of hydroxylamine groups is 1. The normalized spacial score (nSPS) is 17.2. The summed E-state index contributed by atoms with van der Waals surface area (Å²) >= 11 is 0. The number of ketones is 1. The number of Topliss-reactive ketones (excluding diaryl/α,β-unsaturated/α-hetero) is 1. The van der Waals surface area contributed by atoms with Crippen molar-refractivity contribution in [2.24, 2.45) is 7.05 Å². The summed E-state index contributed by atoms with van der Waals surface area (Å²) in [5.74, 6) is -3.20. The van der Waals surface area contributed by atoms with Crippen molar-refractivity contribution in [3.05, 3.63) is 81.0 Å². The van der Waals surface area contributed by atoms with Gasteiger partial charge < -0.3 is 14.9 Å². The van der Waals surface area contributed by atoms with E-state index in [0.717, 1.165) is 4.57 Å². The van der Waals surface area contributed by atoms with Gasteiger partial charge in [0.25, 0.3) is 5.56 Å². The van der Waals surface area contributed by atoms with Crippen molar-refractivity contribution in [2.45, 2.75) is 19.0 Å². The Hall–Kier alpha value is -4.63. The van der Waals surface area contributed by atoms with Gasteiger partial charge in [0.1, 0.15) is 5.75 Å². The van der Waals surface area contributed by atoms with Crippen LogP contribution in [0.4, 0.5) is 30.4 Å². The summed E-state index contributed by atoms with van der Waals surface area (Å²) in [6, 6.07) is 14.5. The number of benzene rings is 2. The summed E-state index contributed by atoms with van der Waals surface area (Å²) in [7, 11) is 2.60. The summed E-state index contributed by atoms with van der Waals surface area (Å²) in [5.41, 5.74) is -1.72. The van der Waals surface area contributed by atoms with Gasteiger partial charge in [-0.15, -0.1) is 5.06 Å². The van der Waals surface area contributed by atoms with Gasteiger partial charge in [0.15, 0.2) is 17.3 Å². The maximum Gasteiger partial charge on any atom is 0.493 e. The van der Waals surface area contributed by atoms with Crippen LogP contribution in [-0.4, -0.2) is 71.5 Å². The average Bonchev–Trinajstić information content (AvgIpc) is 3.33. The van der Waals surface area contributed by atoms with Gasteiger partial charge in [-0.25, -0.2) is 9.59 Å². The summed E-state index contributed by atoms with van der Waals surface area (Å²) in [5, 5.41) is 3.78. The summed E-state index contributed by atoms with van der Waals surface area (Å²) < 4.78 is 47.6. The Kier molecular flexibility index (Phi) is 7.79. The fourth-order valence-electron chi connectivity index (χ4n) is 5.06. The highest BCUT2D eigenvalue weighted by Crippen LogP contribution is 2.45. The molecule has 2 aliphatic rings. The van der Waals surface area contributed by atoms with E-state index in [2.05, 4.69) is 5.32 Å². The molecular weight excluding hydrogens is 561 g/mol. The summed E-state index contributed by atoms with van der Waals surface area (Å²) in [6.45, 7) is 0.839. The molecule has 15 heteroatoms. The van der Waals surface area contributed by atoms with Crippen LogP contribution >= 0.6 is 0 Å². The summed E-state index contributed by atoms with van der Waals surface area (Å²) in [4.78, 5) is 60.9. The van der Waals surface area contributed by atoms with E-state index in [1.54, 1.807) is 47.4 Å². The van der Waals surface area contributed by atoms with E-state index < -0.39 is 42.0 Å². The molecule has 3 aromatic rings. The number of ether oxygens (including phenoxy) is 1. The molecule has 0 spiro atoms. The molecule has 0 aliphatic carbocycles. The second-order valence-corrected chi connectivity index (χ2v) is 9.57. The minimum atomic E-state index is -5.37. The van der Waals surface area contributed by atoms with E-state index in [9.17, 15) is 32.3 Å². The number of anilines is 3. The Morgan fingerprint density at radius 3 is 2.29 bits per heavy atom. The lowest BCUT2D eigenvalue weighted by Gasteiger charge is -2.41. The fraction of sp³-hybridized carbons (Fsp3) is 0.333. The molecule has 0 bridgehead atoms. The van der Waals surface area contributed by atoms with Crippen molar-refractivity contribution in [1.29, 1.82) is 0 Å². The van der Waals surface area contributed by atoms with Crippen molar-refractivity contribution in [2.75, 3.05) is 43.3 Å². The van der Waals surface area contributed by atoms with Gasteiger partial charge in [0, 0.05) is 38.8 Å². The van der Waals surface area contributed by atoms with E-state index in [1.165, 1.54) is 31.2 Å². The Balaban J connectivity index is 1.76. The number of methoxy groups -OCH3 is 1. The first-order valence-electron chi connectivity index (χ1n) is 12.9. The number of aromatic nitrogens is 2. The van der Waals surface area contributed by atoms with Gasteiger partial charge in [-0.1, -0.05) is 42.5 Å². The molecule has 1 N–H and O–H groups in total. The number of piperazine rings is 1. The molecule has 0 saturated carbocycles. The smallest absolute Gasteiger partial charge is 0.493 e. The molecular formula is C27H27F3N6O6. The number of alkyl halides is 3.